The Morgan fingerprint density at radius 1 is 0.385 bits per heavy atom. The van der Waals surface area contributed by atoms with E-state index in [1.165, 1.54) is 122 Å². The van der Waals surface area contributed by atoms with Gasteiger partial charge < -0.3 is 89.9 Å². The highest BCUT2D eigenvalue weighted by molar-refractivity contribution is 5.76. The van der Waals surface area contributed by atoms with Crippen molar-refractivity contribution in [2.45, 2.75) is 356 Å². The highest BCUT2D eigenvalue weighted by atomic mass is 16.8. The molecule has 0 aromatic carbocycles. The summed E-state index contributed by atoms with van der Waals surface area (Å²) in [6, 6.07) is -1.01. The highest BCUT2D eigenvalue weighted by Crippen LogP contribution is 2.33. The van der Waals surface area contributed by atoms with Crippen molar-refractivity contribution in [2.24, 2.45) is 0 Å². The van der Waals surface area contributed by atoms with Crippen molar-refractivity contribution < 1.29 is 89.4 Å². The van der Waals surface area contributed by atoms with Gasteiger partial charge in [-0.05, 0) is 83.5 Å². The molecular formula is C77H133NO18. The monoisotopic (exact) mass is 1360 g/mol. The van der Waals surface area contributed by atoms with Crippen LogP contribution in [-0.2, 0) is 33.2 Å². The van der Waals surface area contributed by atoms with Gasteiger partial charge >= 0.3 is 0 Å². The van der Waals surface area contributed by atoms with Gasteiger partial charge in [0.15, 0.2) is 18.9 Å². The van der Waals surface area contributed by atoms with E-state index < -0.39 is 124 Å². The molecule has 17 atom stereocenters. The first-order valence-corrected chi connectivity index (χ1v) is 37.5. The highest BCUT2D eigenvalue weighted by Gasteiger charge is 2.53. The minimum Gasteiger partial charge on any atom is -0.394 e. The van der Waals surface area contributed by atoms with Crippen LogP contribution in [0, 0.1) is 0 Å². The second kappa shape index (κ2) is 57.3. The zero-order valence-corrected chi connectivity index (χ0v) is 58.8. The number of rotatable bonds is 57. The SMILES string of the molecule is CC/C=C\C/C=C\C/C=C\C/C=C\C/C=C\C/C=C\CCCCCCCCC(=O)NC(COC1OC(CO)C(OC2OC(CO)C(OC3OC(CO)C(O)C(O)C3O)C(O)C2O)C(O)C1O)C(O)/C=C/CC/C=C/CCCCCCCCCCCCCCCCCCCCCC. The van der Waals surface area contributed by atoms with E-state index in [-0.39, 0.29) is 18.9 Å². The first-order valence-electron chi connectivity index (χ1n) is 37.5. The van der Waals surface area contributed by atoms with Gasteiger partial charge in [0.05, 0.1) is 38.6 Å². The summed E-state index contributed by atoms with van der Waals surface area (Å²) in [5.41, 5.74) is 0. The molecule has 19 nitrogen and oxygen atoms in total. The van der Waals surface area contributed by atoms with Crippen molar-refractivity contribution in [3.8, 4) is 0 Å². The van der Waals surface area contributed by atoms with Gasteiger partial charge in [-0.2, -0.15) is 0 Å². The van der Waals surface area contributed by atoms with Crippen molar-refractivity contribution in [1.29, 1.82) is 0 Å². The van der Waals surface area contributed by atoms with E-state index in [4.69, 9.17) is 28.4 Å². The molecular weight excluding hydrogens is 1230 g/mol. The minimum atomic E-state index is -1.99. The van der Waals surface area contributed by atoms with Crippen molar-refractivity contribution in [3.05, 3.63) is 97.2 Å². The van der Waals surface area contributed by atoms with Crippen LogP contribution in [0.4, 0.5) is 0 Å². The average molecular weight is 1360 g/mol. The predicted molar refractivity (Wildman–Crippen MR) is 378 cm³/mol. The molecule has 554 valence electrons. The number of aliphatic hydroxyl groups is 11. The van der Waals surface area contributed by atoms with Gasteiger partial charge in [0.25, 0.3) is 0 Å². The van der Waals surface area contributed by atoms with Crippen LogP contribution in [0.1, 0.15) is 251 Å². The standard InChI is InChI=1S/C77H133NO18/c1-3-5-7-9-11-13-15-17-19-21-23-25-27-29-31-32-34-36-38-40-42-44-46-48-50-52-54-61(82)60(78-65(83)55-53-51-49-47-45-43-41-39-37-35-33-30-28-26-24-22-20-18-16-14-12-10-8-6-4-2)59-91-75-71(89)68(86)73(63(57-80)93-75)96-77-72(90)69(87)74(64(58-81)94-77)95-76-70(88)67(85)66(84)62(56-79)92-76/h6,8,12,14,18,20,24,26,30,33,37,39,44,46,52,54,60-64,66-77,79-82,84-90H,3-5,7,9-11,13,15-17,19,21-23,25,27-29,31-32,34-36,38,40-43,45,47-51,53,55-59H2,1-2H3,(H,78,83)/b8-6-,14-12-,20-18-,26-24-,33-30-,39-37-,46-44+,54-52+. The third-order valence-corrected chi connectivity index (χ3v) is 18.1. The van der Waals surface area contributed by atoms with Crippen LogP contribution in [0.3, 0.4) is 0 Å². The number of carbonyl (C=O) groups excluding carboxylic acids is 1. The molecule has 19 heteroatoms. The molecule has 12 N–H and O–H groups in total. The predicted octanol–water partition coefficient (Wildman–Crippen LogP) is 11.2. The summed E-state index contributed by atoms with van der Waals surface area (Å²) in [6.07, 6.45) is 49.5. The summed E-state index contributed by atoms with van der Waals surface area (Å²) in [5.74, 6) is -0.302. The van der Waals surface area contributed by atoms with E-state index in [0.29, 0.717) is 12.8 Å². The Bertz CT molecular complexity index is 2110. The summed E-state index contributed by atoms with van der Waals surface area (Å²) in [7, 11) is 0. The van der Waals surface area contributed by atoms with Gasteiger partial charge in [0.2, 0.25) is 5.91 Å². The fourth-order valence-electron chi connectivity index (χ4n) is 12.1. The number of hydrogen-bond donors (Lipinski definition) is 12. The van der Waals surface area contributed by atoms with E-state index in [9.17, 15) is 61.0 Å². The Hall–Kier alpha value is -3.29. The lowest BCUT2D eigenvalue weighted by molar-refractivity contribution is -0.379. The third-order valence-electron chi connectivity index (χ3n) is 18.1. The number of amides is 1. The lowest BCUT2D eigenvalue weighted by Crippen LogP contribution is -2.66. The largest absolute Gasteiger partial charge is 0.394 e. The maximum absolute atomic E-state index is 13.4. The van der Waals surface area contributed by atoms with E-state index >= 15 is 0 Å². The van der Waals surface area contributed by atoms with Crippen LogP contribution in [0.2, 0.25) is 0 Å². The molecule has 17 unspecified atom stereocenters. The Kier molecular flexibility index (Phi) is 51.9. The normalized spacial score (nSPS) is 27.6. The molecule has 3 heterocycles. The molecule has 0 saturated carbocycles. The lowest BCUT2D eigenvalue weighted by Gasteiger charge is -2.48. The number of ether oxygens (including phenoxy) is 6. The molecule has 0 spiro atoms. The van der Waals surface area contributed by atoms with Crippen LogP contribution in [0.5, 0.6) is 0 Å². The number of carbonyl (C=O) groups is 1. The van der Waals surface area contributed by atoms with Crippen LogP contribution in [0.15, 0.2) is 97.2 Å². The molecule has 3 saturated heterocycles. The zero-order valence-electron chi connectivity index (χ0n) is 58.8. The van der Waals surface area contributed by atoms with Crippen LogP contribution in [-0.4, -0.2) is 193 Å². The number of unbranched alkanes of at least 4 members (excludes halogenated alkanes) is 27. The summed E-state index contributed by atoms with van der Waals surface area (Å²) >= 11 is 0. The fourth-order valence-corrected chi connectivity index (χ4v) is 12.1. The maximum atomic E-state index is 13.4. The molecule has 3 aliphatic rings. The van der Waals surface area contributed by atoms with Crippen LogP contribution in [0.25, 0.3) is 0 Å². The molecule has 3 fully saturated rings. The fraction of sp³-hybridized carbons (Fsp3) is 0.779. The molecule has 0 aromatic rings. The van der Waals surface area contributed by atoms with Gasteiger partial charge in [-0.3, -0.25) is 4.79 Å². The summed E-state index contributed by atoms with van der Waals surface area (Å²) in [4.78, 5) is 13.4. The van der Waals surface area contributed by atoms with Gasteiger partial charge in [-0.15, -0.1) is 0 Å². The van der Waals surface area contributed by atoms with Crippen LogP contribution >= 0.6 is 0 Å². The molecule has 0 radical (unpaired) electrons. The van der Waals surface area contributed by atoms with E-state index in [2.05, 4.69) is 104 Å². The summed E-state index contributed by atoms with van der Waals surface area (Å²) in [6.45, 7) is 1.60. The summed E-state index contributed by atoms with van der Waals surface area (Å²) in [5, 5.41) is 121. The second-order valence-corrected chi connectivity index (χ2v) is 26.4. The summed E-state index contributed by atoms with van der Waals surface area (Å²) < 4.78 is 34.4. The molecule has 96 heavy (non-hydrogen) atoms. The quantitative estimate of drug-likeness (QED) is 0.0199. The van der Waals surface area contributed by atoms with Crippen molar-refractivity contribution in [2.75, 3.05) is 26.4 Å². The van der Waals surface area contributed by atoms with Gasteiger partial charge in [0, 0.05) is 6.42 Å². The molecule has 3 aliphatic heterocycles. The average Bonchev–Trinajstić information content (AvgIpc) is 0.788. The second-order valence-electron chi connectivity index (χ2n) is 26.4. The first-order chi connectivity index (χ1) is 46.8. The molecule has 0 bridgehead atoms. The van der Waals surface area contributed by atoms with E-state index in [0.717, 1.165) is 96.3 Å². The molecule has 3 rings (SSSR count). The lowest BCUT2D eigenvalue weighted by atomic mass is 9.96. The molecule has 0 aliphatic carbocycles. The van der Waals surface area contributed by atoms with Crippen molar-refractivity contribution in [3.63, 3.8) is 0 Å². The number of hydrogen-bond acceptors (Lipinski definition) is 18. The third kappa shape index (κ3) is 37.9. The number of aliphatic hydroxyl groups excluding tert-OH is 11. The van der Waals surface area contributed by atoms with Gasteiger partial charge in [-0.25, -0.2) is 0 Å². The Labute approximate surface area is 577 Å². The minimum absolute atomic E-state index is 0.213. The maximum Gasteiger partial charge on any atom is 0.220 e. The van der Waals surface area contributed by atoms with E-state index in [1.807, 2.05) is 6.08 Å². The Balaban J connectivity index is 1.44. The Morgan fingerprint density at radius 2 is 0.729 bits per heavy atom. The zero-order chi connectivity index (χ0) is 69.6. The van der Waals surface area contributed by atoms with Crippen molar-refractivity contribution in [1.82, 2.24) is 5.32 Å². The first kappa shape index (κ1) is 86.9. The smallest absolute Gasteiger partial charge is 0.220 e. The van der Waals surface area contributed by atoms with Crippen LogP contribution < -0.4 is 5.32 Å². The van der Waals surface area contributed by atoms with Crippen molar-refractivity contribution >= 4 is 5.91 Å². The molecule has 1 amide bonds. The molecule has 0 aromatic heterocycles. The Morgan fingerprint density at radius 3 is 1.17 bits per heavy atom. The number of allylic oxidation sites excluding steroid dienone is 15. The van der Waals surface area contributed by atoms with Gasteiger partial charge in [0.1, 0.15) is 73.2 Å². The van der Waals surface area contributed by atoms with E-state index in [1.54, 1.807) is 6.08 Å². The topological polar surface area (TPSA) is 307 Å². The van der Waals surface area contributed by atoms with Gasteiger partial charge in [-0.1, -0.05) is 259 Å². The number of nitrogens with one attached hydrogen (secondary N) is 1.